The zero-order valence-corrected chi connectivity index (χ0v) is 16.5. The highest BCUT2D eigenvalue weighted by Gasteiger charge is 2.48. The first kappa shape index (κ1) is 21.5. The number of anilines is 1. The summed E-state index contributed by atoms with van der Waals surface area (Å²) < 4.78 is 81.6. The van der Waals surface area contributed by atoms with Crippen molar-refractivity contribution in [1.29, 1.82) is 0 Å². The van der Waals surface area contributed by atoms with Crippen LogP contribution in [-0.4, -0.2) is 43.5 Å². The molecule has 1 saturated heterocycles. The lowest BCUT2D eigenvalue weighted by atomic mass is 10.1. The number of alkyl halides is 3. The molecule has 0 bridgehead atoms. The molecule has 2 heterocycles. The zero-order valence-electron chi connectivity index (χ0n) is 15.7. The molecule has 1 aliphatic rings. The van der Waals surface area contributed by atoms with Crippen LogP contribution in [0.4, 0.5) is 23.2 Å². The van der Waals surface area contributed by atoms with Crippen molar-refractivity contribution in [3.63, 3.8) is 0 Å². The van der Waals surface area contributed by atoms with Crippen LogP contribution in [0.25, 0.3) is 0 Å². The van der Waals surface area contributed by atoms with Gasteiger partial charge in [-0.1, -0.05) is 19.1 Å². The number of benzene rings is 1. The molecule has 1 atom stereocenters. The highest BCUT2D eigenvalue weighted by molar-refractivity contribution is 7.89. The average molecular weight is 431 g/mol. The van der Waals surface area contributed by atoms with Crippen molar-refractivity contribution in [2.75, 3.05) is 24.5 Å². The number of sulfonamides is 1. The Labute approximate surface area is 167 Å². The summed E-state index contributed by atoms with van der Waals surface area (Å²) >= 11 is 0. The largest absolute Gasteiger partial charge is 0.409 e. The number of nitrogens with zero attached hydrogens (tertiary/aromatic N) is 3. The summed E-state index contributed by atoms with van der Waals surface area (Å²) in [4.78, 5) is 5.58. The number of rotatable bonds is 6. The van der Waals surface area contributed by atoms with E-state index in [1.165, 1.54) is 19.2 Å². The van der Waals surface area contributed by atoms with Gasteiger partial charge in [-0.3, -0.25) is 4.98 Å². The van der Waals surface area contributed by atoms with Gasteiger partial charge in [0.1, 0.15) is 16.8 Å². The van der Waals surface area contributed by atoms with E-state index in [0.717, 1.165) is 56.4 Å². The normalized spacial score (nSPS) is 16.4. The molecule has 0 saturated carbocycles. The van der Waals surface area contributed by atoms with Crippen molar-refractivity contribution < 1.29 is 26.0 Å². The second kappa shape index (κ2) is 8.27. The summed E-state index contributed by atoms with van der Waals surface area (Å²) in [6.07, 6.45) is -0.421. The summed E-state index contributed by atoms with van der Waals surface area (Å²) in [6, 6.07) is 2.58. The van der Waals surface area contributed by atoms with Crippen molar-refractivity contribution in [1.82, 2.24) is 9.29 Å². The van der Waals surface area contributed by atoms with Gasteiger partial charge in [0.2, 0.25) is 10.0 Å². The lowest BCUT2D eigenvalue weighted by Gasteiger charge is -2.32. The van der Waals surface area contributed by atoms with Crippen molar-refractivity contribution in [3.8, 4) is 0 Å². The fourth-order valence-electron chi connectivity index (χ4n) is 3.49. The van der Waals surface area contributed by atoms with Gasteiger partial charge in [0.25, 0.3) is 0 Å². The van der Waals surface area contributed by atoms with Crippen LogP contribution in [0.15, 0.2) is 47.6 Å². The van der Waals surface area contributed by atoms with E-state index in [0.29, 0.717) is 9.99 Å². The number of pyridine rings is 1. The Morgan fingerprint density at radius 1 is 1.14 bits per heavy atom. The Morgan fingerprint density at radius 2 is 1.76 bits per heavy atom. The minimum Gasteiger partial charge on any atom is -0.370 e. The molecule has 158 valence electrons. The van der Waals surface area contributed by atoms with E-state index in [-0.39, 0.29) is 10.5 Å². The van der Waals surface area contributed by atoms with Gasteiger partial charge in [0.15, 0.2) is 0 Å². The molecule has 5 nitrogen and oxygen atoms in total. The van der Waals surface area contributed by atoms with E-state index in [4.69, 9.17) is 0 Å². The Balaban J connectivity index is 2.04. The molecule has 29 heavy (non-hydrogen) atoms. The van der Waals surface area contributed by atoms with E-state index in [1.54, 1.807) is 0 Å². The molecule has 0 N–H and O–H groups in total. The first-order valence-corrected chi connectivity index (χ1v) is 10.6. The monoisotopic (exact) mass is 431 g/mol. The molecule has 0 aliphatic carbocycles. The van der Waals surface area contributed by atoms with Crippen molar-refractivity contribution in [3.05, 3.63) is 54.1 Å². The van der Waals surface area contributed by atoms with Crippen LogP contribution in [0, 0.1) is 5.82 Å². The molecule has 1 fully saturated rings. The third kappa shape index (κ3) is 4.53. The highest BCUT2D eigenvalue weighted by atomic mass is 32.2. The fraction of sp³-hybridized carbons (Fsp3) is 0.421. The van der Waals surface area contributed by atoms with Crippen molar-refractivity contribution >= 4 is 15.7 Å². The standard InChI is InChI=1S/C19H21F4N3O2S/c1-2-26(18(19(21,22)23)14-5-7-15(20)8-6-14)29(27,28)17-11-16(12-24-13-17)25-9-3-4-10-25/h5-8,11-13,18H,2-4,9-10H2,1H3/t18-/m1/s1. The van der Waals surface area contributed by atoms with E-state index >= 15 is 0 Å². The smallest absolute Gasteiger partial charge is 0.370 e. The summed E-state index contributed by atoms with van der Waals surface area (Å²) in [6.45, 7) is 2.39. The maximum absolute atomic E-state index is 13.9. The predicted molar refractivity (Wildman–Crippen MR) is 100 cm³/mol. The molecule has 0 amide bonds. The molecular formula is C19H21F4N3O2S. The van der Waals surface area contributed by atoms with Gasteiger partial charge >= 0.3 is 6.18 Å². The van der Waals surface area contributed by atoms with Gasteiger partial charge in [-0.15, -0.1) is 0 Å². The molecule has 0 unspecified atom stereocenters. The third-order valence-corrected chi connectivity index (χ3v) is 6.78. The van der Waals surface area contributed by atoms with Crippen LogP contribution < -0.4 is 4.90 Å². The maximum atomic E-state index is 13.9. The number of halogens is 4. The lowest BCUT2D eigenvalue weighted by Crippen LogP contribution is -2.42. The molecule has 3 rings (SSSR count). The summed E-state index contributed by atoms with van der Waals surface area (Å²) in [5.74, 6) is -0.705. The average Bonchev–Trinajstić information content (AvgIpc) is 3.21. The Morgan fingerprint density at radius 3 is 2.31 bits per heavy atom. The molecule has 1 aromatic carbocycles. The maximum Gasteiger partial charge on any atom is 0.409 e. The first-order valence-electron chi connectivity index (χ1n) is 9.18. The second-order valence-corrected chi connectivity index (χ2v) is 8.67. The van der Waals surface area contributed by atoms with Crippen LogP contribution in [-0.2, 0) is 10.0 Å². The third-order valence-electron chi connectivity index (χ3n) is 4.87. The molecule has 1 aliphatic heterocycles. The number of hydrogen-bond donors (Lipinski definition) is 0. The molecule has 1 aromatic heterocycles. The van der Waals surface area contributed by atoms with E-state index in [1.807, 2.05) is 4.90 Å². The minimum atomic E-state index is -4.89. The van der Waals surface area contributed by atoms with E-state index in [2.05, 4.69) is 4.98 Å². The topological polar surface area (TPSA) is 53.5 Å². The zero-order chi connectivity index (χ0) is 21.2. The minimum absolute atomic E-state index is 0.305. The van der Waals surface area contributed by atoms with Gasteiger partial charge in [0.05, 0.1) is 11.9 Å². The van der Waals surface area contributed by atoms with Gasteiger partial charge in [-0.2, -0.15) is 17.5 Å². The summed E-state index contributed by atoms with van der Waals surface area (Å²) in [5.41, 5.74) is 0.206. The molecule has 2 aromatic rings. The van der Waals surface area contributed by atoms with Crippen LogP contribution in [0.1, 0.15) is 31.4 Å². The molecule has 0 radical (unpaired) electrons. The molecule has 10 heteroatoms. The number of aromatic nitrogens is 1. The molecular weight excluding hydrogens is 410 g/mol. The predicted octanol–water partition coefficient (Wildman–Crippen LogP) is 4.14. The number of hydrogen-bond acceptors (Lipinski definition) is 4. The van der Waals surface area contributed by atoms with Gasteiger partial charge in [-0.05, 0) is 36.6 Å². The fourth-order valence-corrected chi connectivity index (χ4v) is 5.08. The van der Waals surface area contributed by atoms with Crippen LogP contribution in [0.5, 0.6) is 0 Å². The van der Waals surface area contributed by atoms with E-state index < -0.39 is 34.6 Å². The molecule has 0 spiro atoms. The SMILES string of the molecule is CCN([C@H](c1ccc(F)cc1)C(F)(F)F)S(=O)(=O)c1cncc(N2CCCC2)c1. The van der Waals surface area contributed by atoms with Gasteiger partial charge in [-0.25, -0.2) is 12.8 Å². The van der Waals surface area contributed by atoms with Crippen molar-refractivity contribution in [2.45, 2.75) is 36.9 Å². The lowest BCUT2D eigenvalue weighted by molar-refractivity contribution is -0.173. The second-order valence-electron chi connectivity index (χ2n) is 6.78. The Bertz CT molecular complexity index is 943. The van der Waals surface area contributed by atoms with Crippen LogP contribution in [0.2, 0.25) is 0 Å². The van der Waals surface area contributed by atoms with Crippen LogP contribution >= 0.6 is 0 Å². The quantitative estimate of drug-likeness (QED) is 0.646. The van der Waals surface area contributed by atoms with Crippen molar-refractivity contribution in [2.24, 2.45) is 0 Å². The van der Waals surface area contributed by atoms with Gasteiger partial charge < -0.3 is 4.90 Å². The summed E-state index contributed by atoms with van der Waals surface area (Å²) in [7, 11) is -4.51. The van der Waals surface area contributed by atoms with Crippen LogP contribution in [0.3, 0.4) is 0 Å². The summed E-state index contributed by atoms with van der Waals surface area (Å²) in [5, 5.41) is 0. The van der Waals surface area contributed by atoms with E-state index in [9.17, 15) is 26.0 Å². The van der Waals surface area contributed by atoms with Gasteiger partial charge in [0, 0.05) is 25.8 Å². The Hall–Kier alpha value is -2.20. The first-order chi connectivity index (χ1) is 13.6. The highest BCUT2D eigenvalue weighted by Crippen LogP contribution is 2.40. The Kier molecular flexibility index (Phi) is 6.13.